The Kier molecular flexibility index (Phi) is 10.9. The summed E-state index contributed by atoms with van der Waals surface area (Å²) in [6.07, 6.45) is -6.14. The van der Waals surface area contributed by atoms with Gasteiger partial charge in [0.05, 0.1) is 0 Å². The number of rotatable bonds is 2. The molecule has 2 fully saturated rings. The first-order chi connectivity index (χ1) is 14.3. The molecule has 0 radical (unpaired) electrons. The molecule has 2 rings (SSSR count). The summed E-state index contributed by atoms with van der Waals surface area (Å²) in [6, 6.07) is 0. The molecule has 188 valence electrons. The van der Waals surface area contributed by atoms with Crippen molar-refractivity contribution in [2.24, 2.45) is 0 Å². The summed E-state index contributed by atoms with van der Waals surface area (Å²) in [4.78, 5) is 22.3. The molecule has 14 heteroatoms. The fourth-order valence-corrected chi connectivity index (χ4v) is 6.30. The largest absolute Gasteiger partial charge is 0.471 e. The van der Waals surface area contributed by atoms with Crippen LogP contribution < -0.4 is 10.6 Å². The van der Waals surface area contributed by atoms with Gasteiger partial charge in [-0.1, -0.05) is 63.7 Å². The Morgan fingerprint density at radius 1 is 0.688 bits per heavy atom. The van der Waals surface area contributed by atoms with Crippen LogP contribution in [0.3, 0.4) is 0 Å². The monoisotopic (exact) mass is 730 g/mol. The SMILES string of the molecule is C[C@@]1(NC(=O)C(F)(F)F)CC[C@@H](Br)[C@H](Br)C1.C[C@]1(NC(=O)C(F)(F)F)CC[C@H](Br)[C@@H](Br)C1. The highest BCUT2D eigenvalue weighted by Gasteiger charge is 2.46. The van der Waals surface area contributed by atoms with Crippen LogP contribution in [0.5, 0.6) is 0 Å². The third kappa shape index (κ3) is 9.59. The van der Waals surface area contributed by atoms with Crippen molar-refractivity contribution in [2.45, 2.75) is 95.1 Å². The zero-order chi connectivity index (χ0) is 25.1. The summed E-state index contributed by atoms with van der Waals surface area (Å²) >= 11 is 13.6. The quantitative estimate of drug-likeness (QED) is 0.260. The van der Waals surface area contributed by atoms with Crippen molar-refractivity contribution in [3.63, 3.8) is 0 Å². The maximum absolute atomic E-state index is 12.1. The molecule has 0 bridgehead atoms. The molecule has 32 heavy (non-hydrogen) atoms. The average molecular weight is 734 g/mol. The number of nitrogens with one attached hydrogen (secondary N) is 2. The van der Waals surface area contributed by atoms with E-state index in [1.54, 1.807) is 13.8 Å². The summed E-state index contributed by atoms with van der Waals surface area (Å²) < 4.78 is 72.7. The van der Waals surface area contributed by atoms with E-state index in [1.807, 2.05) is 0 Å². The Hall–Kier alpha value is 0.440. The van der Waals surface area contributed by atoms with E-state index in [1.165, 1.54) is 0 Å². The highest BCUT2D eigenvalue weighted by atomic mass is 79.9. The lowest BCUT2D eigenvalue weighted by atomic mass is 9.83. The van der Waals surface area contributed by atoms with E-state index >= 15 is 0 Å². The highest BCUT2D eigenvalue weighted by Crippen LogP contribution is 2.37. The lowest BCUT2D eigenvalue weighted by molar-refractivity contribution is -0.176. The lowest BCUT2D eigenvalue weighted by Crippen LogP contribution is -2.54. The van der Waals surface area contributed by atoms with Crippen LogP contribution in [0.2, 0.25) is 0 Å². The van der Waals surface area contributed by atoms with Crippen LogP contribution in [0.25, 0.3) is 0 Å². The standard InChI is InChI=1S/2C9H12Br2F3NO/c2*1-8(15-7(16)9(12,13)14)3-2-5(10)6(11)4-8/h2*5-6H,2-4H2,1H3,(H,15,16)/t2*5-,6-,8-/m10/s1. The molecule has 0 aliphatic heterocycles. The topological polar surface area (TPSA) is 58.2 Å². The maximum Gasteiger partial charge on any atom is 0.471 e. The second-order valence-corrected chi connectivity index (χ2v) is 13.3. The van der Waals surface area contributed by atoms with E-state index in [-0.39, 0.29) is 19.3 Å². The molecule has 4 nitrogen and oxygen atoms in total. The summed E-state index contributed by atoms with van der Waals surface area (Å²) in [5.74, 6) is -3.72. The third-order valence-corrected chi connectivity index (χ3v) is 10.9. The van der Waals surface area contributed by atoms with Crippen molar-refractivity contribution in [1.82, 2.24) is 10.6 Å². The Bertz CT molecular complexity index is 625. The molecule has 0 heterocycles. The molecule has 0 saturated heterocycles. The van der Waals surface area contributed by atoms with E-state index < -0.39 is 35.2 Å². The lowest BCUT2D eigenvalue weighted by Gasteiger charge is -2.39. The minimum absolute atomic E-state index is 0.0692. The maximum atomic E-state index is 12.1. The molecule has 0 unspecified atom stereocenters. The highest BCUT2D eigenvalue weighted by molar-refractivity contribution is 9.12. The molecule has 0 aromatic rings. The van der Waals surface area contributed by atoms with Crippen molar-refractivity contribution in [3.05, 3.63) is 0 Å². The minimum atomic E-state index is -4.81. The molecule has 0 aromatic carbocycles. The molecular weight excluding hydrogens is 710 g/mol. The van der Waals surface area contributed by atoms with Gasteiger partial charge in [0.1, 0.15) is 0 Å². The Morgan fingerprint density at radius 2 is 0.969 bits per heavy atom. The van der Waals surface area contributed by atoms with Gasteiger partial charge in [-0.2, -0.15) is 26.3 Å². The first-order valence-corrected chi connectivity index (χ1v) is 13.3. The Labute approximate surface area is 216 Å². The molecule has 2 aliphatic rings. The zero-order valence-corrected chi connectivity index (χ0v) is 23.5. The molecule has 2 amide bonds. The molecule has 2 N–H and O–H groups in total. The second-order valence-electron chi connectivity index (χ2n) is 8.57. The van der Waals surface area contributed by atoms with Gasteiger partial charge in [-0.15, -0.1) is 0 Å². The number of hydrogen-bond acceptors (Lipinski definition) is 2. The van der Waals surface area contributed by atoms with Crippen molar-refractivity contribution in [2.75, 3.05) is 0 Å². The van der Waals surface area contributed by atoms with Crippen LogP contribution in [-0.4, -0.2) is 54.6 Å². The number of carbonyl (C=O) groups is 2. The number of carbonyl (C=O) groups excluding carboxylic acids is 2. The van der Waals surface area contributed by atoms with E-state index in [2.05, 4.69) is 74.4 Å². The smallest absolute Gasteiger partial charge is 0.343 e. The number of amides is 2. The second kappa shape index (κ2) is 11.5. The molecule has 0 aromatic heterocycles. The number of alkyl halides is 10. The molecular formula is C18H24Br4F6N2O2. The summed E-state index contributed by atoms with van der Waals surface area (Å²) in [7, 11) is 0. The van der Waals surface area contributed by atoms with Gasteiger partial charge in [0.25, 0.3) is 0 Å². The predicted octanol–water partition coefficient (Wildman–Crippen LogP) is 6.27. The fraction of sp³-hybridized carbons (Fsp3) is 0.889. The molecule has 2 saturated carbocycles. The normalized spacial score (nSPS) is 35.9. The molecule has 6 atom stereocenters. The van der Waals surface area contributed by atoms with Crippen molar-refractivity contribution in [3.8, 4) is 0 Å². The summed E-state index contributed by atoms with van der Waals surface area (Å²) in [5, 5.41) is 4.14. The Balaban J connectivity index is 0.000000320. The van der Waals surface area contributed by atoms with Crippen molar-refractivity contribution >= 4 is 75.5 Å². The van der Waals surface area contributed by atoms with Crippen LogP contribution in [0.15, 0.2) is 0 Å². The average Bonchev–Trinajstić information content (AvgIpc) is 2.61. The van der Waals surface area contributed by atoms with Gasteiger partial charge in [-0.3, -0.25) is 9.59 Å². The third-order valence-electron chi connectivity index (χ3n) is 5.37. The number of hydrogen-bond donors (Lipinski definition) is 2. The van der Waals surface area contributed by atoms with Gasteiger partial charge in [-0.05, 0) is 52.4 Å². The Morgan fingerprint density at radius 3 is 1.19 bits per heavy atom. The fourth-order valence-electron chi connectivity index (χ4n) is 3.51. The minimum Gasteiger partial charge on any atom is -0.343 e. The summed E-state index contributed by atoms with van der Waals surface area (Å²) in [5.41, 5.74) is -1.57. The van der Waals surface area contributed by atoms with E-state index in [4.69, 9.17) is 0 Å². The predicted molar refractivity (Wildman–Crippen MR) is 124 cm³/mol. The van der Waals surface area contributed by atoms with Gasteiger partial charge in [0.15, 0.2) is 0 Å². The first-order valence-electron chi connectivity index (χ1n) is 9.63. The van der Waals surface area contributed by atoms with Crippen LogP contribution in [0, 0.1) is 0 Å². The van der Waals surface area contributed by atoms with Crippen molar-refractivity contribution < 1.29 is 35.9 Å². The van der Waals surface area contributed by atoms with Crippen molar-refractivity contribution in [1.29, 1.82) is 0 Å². The van der Waals surface area contributed by atoms with Gasteiger partial charge in [0.2, 0.25) is 0 Å². The van der Waals surface area contributed by atoms with Crippen LogP contribution in [0.4, 0.5) is 26.3 Å². The van der Waals surface area contributed by atoms with Gasteiger partial charge >= 0.3 is 24.2 Å². The van der Waals surface area contributed by atoms with Gasteiger partial charge < -0.3 is 10.6 Å². The zero-order valence-electron chi connectivity index (χ0n) is 17.1. The molecule has 2 aliphatic carbocycles. The van der Waals surface area contributed by atoms with E-state index in [0.29, 0.717) is 25.7 Å². The van der Waals surface area contributed by atoms with Crippen LogP contribution in [-0.2, 0) is 9.59 Å². The van der Waals surface area contributed by atoms with E-state index in [0.717, 1.165) is 12.8 Å². The summed E-state index contributed by atoms with van der Waals surface area (Å²) in [6.45, 7) is 3.29. The van der Waals surface area contributed by atoms with E-state index in [9.17, 15) is 35.9 Å². The number of halogens is 10. The molecule has 0 spiro atoms. The first kappa shape index (κ1) is 30.5. The van der Waals surface area contributed by atoms with Crippen LogP contribution in [0.1, 0.15) is 52.4 Å². The van der Waals surface area contributed by atoms with Gasteiger partial charge in [0, 0.05) is 30.4 Å². The van der Waals surface area contributed by atoms with Crippen LogP contribution >= 0.6 is 63.7 Å². The van der Waals surface area contributed by atoms with Gasteiger partial charge in [-0.25, -0.2) is 0 Å².